The van der Waals surface area contributed by atoms with E-state index in [4.69, 9.17) is 4.74 Å². The quantitative estimate of drug-likeness (QED) is 0.683. The summed E-state index contributed by atoms with van der Waals surface area (Å²) >= 11 is 0. The second-order valence-corrected chi connectivity index (χ2v) is 3.90. The minimum atomic E-state index is 0.836. The molecule has 0 atom stereocenters. The van der Waals surface area contributed by atoms with Gasteiger partial charge in [-0.3, -0.25) is 0 Å². The Labute approximate surface area is 85.1 Å². The molecule has 1 aliphatic heterocycles. The number of fused-ring (bicyclic) bond motifs is 1. The van der Waals surface area contributed by atoms with E-state index in [1.807, 2.05) is 0 Å². The summed E-state index contributed by atoms with van der Waals surface area (Å²) in [6, 6.07) is 0. The van der Waals surface area contributed by atoms with Gasteiger partial charge in [0.1, 0.15) is 5.82 Å². The lowest BCUT2D eigenvalue weighted by atomic mass is 10.2. The Morgan fingerprint density at radius 1 is 1.50 bits per heavy atom. The van der Waals surface area contributed by atoms with Gasteiger partial charge < -0.3 is 9.30 Å². The van der Waals surface area contributed by atoms with Crippen LogP contribution in [-0.2, 0) is 24.1 Å². The van der Waals surface area contributed by atoms with Gasteiger partial charge in [0.25, 0.3) is 0 Å². The lowest BCUT2D eigenvalue weighted by Crippen LogP contribution is -2.08. The highest BCUT2D eigenvalue weighted by molar-refractivity contribution is 5.06. The summed E-state index contributed by atoms with van der Waals surface area (Å²) in [5, 5.41) is 0. The zero-order valence-corrected chi connectivity index (χ0v) is 8.83. The van der Waals surface area contributed by atoms with Crippen molar-refractivity contribution in [1.82, 2.24) is 9.55 Å². The number of imidazole rings is 1. The van der Waals surface area contributed by atoms with E-state index in [0.29, 0.717) is 0 Å². The molecule has 2 rings (SSSR count). The highest BCUT2D eigenvalue weighted by atomic mass is 16.5. The number of nitrogens with zero attached hydrogens (tertiary/aromatic N) is 2. The fourth-order valence-electron chi connectivity index (χ4n) is 1.99. The van der Waals surface area contributed by atoms with E-state index < -0.39 is 0 Å². The van der Waals surface area contributed by atoms with Gasteiger partial charge in [-0.2, -0.15) is 0 Å². The van der Waals surface area contributed by atoms with Crippen LogP contribution in [0, 0.1) is 0 Å². The van der Waals surface area contributed by atoms with E-state index in [9.17, 15) is 0 Å². The smallest absolute Gasteiger partial charge is 0.108 e. The van der Waals surface area contributed by atoms with E-state index in [2.05, 4.69) is 15.7 Å². The molecule has 1 aliphatic rings. The van der Waals surface area contributed by atoms with Crippen molar-refractivity contribution in [3.63, 3.8) is 0 Å². The molecule has 1 aromatic heterocycles. The molecular formula is C11H18N2O. The molecule has 2 heterocycles. The fraction of sp³-hybridized carbons (Fsp3) is 0.727. The van der Waals surface area contributed by atoms with Crippen LogP contribution in [0.5, 0.6) is 0 Å². The van der Waals surface area contributed by atoms with Crippen LogP contribution in [0.25, 0.3) is 0 Å². The van der Waals surface area contributed by atoms with Gasteiger partial charge >= 0.3 is 0 Å². The molecule has 14 heavy (non-hydrogen) atoms. The first kappa shape index (κ1) is 9.71. The predicted molar refractivity (Wildman–Crippen MR) is 55.4 cm³/mol. The third kappa shape index (κ3) is 2.15. The van der Waals surface area contributed by atoms with Crippen LogP contribution in [0.2, 0.25) is 0 Å². The SMILES string of the molecule is COCCCc1cn2c(n1)CCCC2. The third-order valence-electron chi connectivity index (χ3n) is 2.74. The number of hydrogen-bond acceptors (Lipinski definition) is 2. The molecule has 3 heteroatoms. The molecular weight excluding hydrogens is 176 g/mol. The third-order valence-corrected chi connectivity index (χ3v) is 2.74. The lowest BCUT2D eigenvalue weighted by Gasteiger charge is -2.11. The van der Waals surface area contributed by atoms with Crippen LogP contribution in [0.1, 0.15) is 30.8 Å². The number of rotatable bonds is 4. The van der Waals surface area contributed by atoms with Crippen molar-refractivity contribution in [2.24, 2.45) is 0 Å². The van der Waals surface area contributed by atoms with Gasteiger partial charge in [0.2, 0.25) is 0 Å². The number of ether oxygens (including phenoxy) is 1. The molecule has 0 aromatic carbocycles. The largest absolute Gasteiger partial charge is 0.385 e. The summed E-state index contributed by atoms with van der Waals surface area (Å²) in [6.07, 6.45) is 8.10. The van der Waals surface area contributed by atoms with Gasteiger partial charge in [0, 0.05) is 32.9 Å². The Balaban J connectivity index is 1.94. The van der Waals surface area contributed by atoms with Gasteiger partial charge in [-0.05, 0) is 25.7 Å². The summed E-state index contributed by atoms with van der Waals surface area (Å²) in [6.45, 7) is 1.99. The van der Waals surface area contributed by atoms with E-state index in [-0.39, 0.29) is 0 Å². The number of aromatic nitrogens is 2. The van der Waals surface area contributed by atoms with Gasteiger partial charge in [-0.1, -0.05) is 0 Å². The van der Waals surface area contributed by atoms with Crippen LogP contribution in [0.15, 0.2) is 6.20 Å². The molecule has 0 aliphatic carbocycles. The maximum atomic E-state index is 5.03. The van der Waals surface area contributed by atoms with Crippen LogP contribution in [0.4, 0.5) is 0 Å². The van der Waals surface area contributed by atoms with Crippen LogP contribution >= 0.6 is 0 Å². The Hall–Kier alpha value is -0.830. The molecule has 0 N–H and O–H groups in total. The first-order valence-corrected chi connectivity index (χ1v) is 5.44. The van der Waals surface area contributed by atoms with E-state index in [1.165, 1.54) is 24.4 Å². The van der Waals surface area contributed by atoms with Gasteiger partial charge in [0.05, 0.1) is 5.69 Å². The van der Waals surface area contributed by atoms with Gasteiger partial charge in [0.15, 0.2) is 0 Å². The normalized spacial score (nSPS) is 15.5. The molecule has 78 valence electrons. The molecule has 0 spiro atoms. The number of aryl methyl sites for hydroxylation is 3. The van der Waals surface area contributed by atoms with E-state index in [0.717, 1.165) is 32.4 Å². The molecule has 0 bridgehead atoms. The topological polar surface area (TPSA) is 27.1 Å². The lowest BCUT2D eigenvalue weighted by molar-refractivity contribution is 0.195. The minimum Gasteiger partial charge on any atom is -0.385 e. The van der Waals surface area contributed by atoms with Crippen molar-refractivity contribution in [1.29, 1.82) is 0 Å². The minimum absolute atomic E-state index is 0.836. The Bertz CT molecular complexity index is 270. The van der Waals surface area contributed by atoms with Crippen LogP contribution in [-0.4, -0.2) is 23.3 Å². The van der Waals surface area contributed by atoms with Gasteiger partial charge in [-0.25, -0.2) is 4.98 Å². The summed E-state index contributed by atoms with van der Waals surface area (Å²) in [5.41, 5.74) is 1.24. The van der Waals surface area contributed by atoms with Crippen molar-refractivity contribution in [3.8, 4) is 0 Å². The second kappa shape index (κ2) is 4.60. The molecule has 0 fully saturated rings. The Morgan fingerprint density at radius 2 is 2.43 bits per heavy atom. The van der Waals surface area contributed by atoms with Crippen molar-refractivity contribution >= 4 is 0 Å². The maximum absolute atomic E-state index is 5.03. The highest BCUT2D eigenvalue weighted by Crippen LogP contribution is 2.15. The summed E-state index contributed by atoms with van der Waals surface area (Å²) in [5.74, 6) is 1.28. The first-order valence-electron chi connectivity index (χ1n) is 5.44. The summed E-state index contributed by atoms with van der Waals surface area (Å²) < 4.78 is 7.34. The Kier molecular flexibility index (Phi) is 3.19. The van der Waals surface area contributed by atoms with Crippen molar-refractivity contribution < 1.29 is 4.74 Å². The highest BCUT2D eigenvalue weighted by Gasteiger charge is 2.11. The molecule has 0 amide bonds. The fourth-order valence-corrected chi connectivity index (χ4v) is 1.99. The first-order chi connectivity index (χ1) is 6.90. The summed E-state index contributed by atoms with van der Waals surface area (Å²) in [4.78, 5) is 4.63. The van der Waals surface area contributed by atoms with E-state index >= 15 is 0 Å². The van der Waals surface area contributed by atoms with E-state index in [1.54, 1.807) is 7.11 Å². The standard InChI is InChI=1S/C11H18N2O/c1-14-8-4-5-10-9-13-7-3-2-6-11(13)12-10/h9H,2-8H2,1H3. The zero-order chi connectivity index (χ0) is 9.80. The average molecular weight is 194 g/mol. The second-order valence-electron chi connectivity index (χ2n) is 3.90. The zero-order valence-electron chi connectivity index (χ0n) is 8.83. The monoisotopic (exact) mass is 194 g/mol. The van der Waals surface area contributed by atoms with Gasteiger partial charge in [-0.15, -0.1) is 0 Å². The van der Waals surface area contributed by atoms with Crippen molar-refractivity contribution in [2.45, 2.75) is 38.6 Å². The Morgan fingerprint density at radius 3 is 3.21 bits per heavy atom. The average Bonchev–Trinajstić information content (AvgIpc) is 2.60. The van der Waals surface area contributed by atoms with Crippen molar-refractivity contribution in [2.75, 3.05) is 13.7 Å². The molecule has 1 aromatic rings. The molecule has 0 radical (unpaired) electrons. The maximum Gasteiger partial charge on any atom is 0.108 e. The predicted octanol–water partition coefficient (Wildman–Crippen LogP) is 1.80. The number of hydrogen-bond donors (Lipinski definition) is 0. The number of methoxy groups -OCH3 is 1. The van der Waals surface area contributed by atoms with Crippen LogP contribution in [0.3, 0.4) is 0 Å². The molecule has 3 nitrogen and oxygen atoms in total. The molecule has 0 unspecified atom stereocenters. The van der Waals surface area contributed by atoms with Crippen molar-refractivity contribution in [3.05, 3.63) is 17.7 Å². The van der Waals surface area contributed by atoms with Crippen LogP contribution < -0.4 is 0 Å². The molecule has 0 saturated heterocycles. The summed E-state index contributed by atoms with van der Waals surface area (Å²) in [7, 11) is 1.75. The molecule has 0 saturated carbocycles.